The zero-order valence-corrected chi connectivity index (χ0v) is 9.98. The monoisotopic (exact) mass is 272 g/mol. The predicted molar refractivity (Wildman–Crippen MR) is 69.6 cm³/mol. The maximum atomic E-state index is 11.4. The van der Waals surface area contributed by atoms with Gasteiger partial charge in [-0.2, -0.15) is 9.61 Å². The summed E-state index contributed by atoms with van der Waals surface area (Å²) in [4.78, 5) is 24.1. The molecule has 2 N–H and O–H groups in total. The highest BCUT2D eigenvalue weighted by Gasteiger charge is 2.12. The Morgan fingerprint density at radius 2 is 2.00 bits per heavy atom. The van der Waals surface area contributed by atoms with E-state index in [1.165, 1.54) is 22.8 Å². The van der Waals surface area contributed by atoms with Crippen LogP contribution in [0.5, 0.6) is 5.88 Å². The summed E-state index contributed by atoms with van der Waals surface area (Å²) in [7, 11) is 0. The molecule has 100 valence electrons. The Hall–Kier alpha value is -3.16. The van der Waals surface area contributed by atoms with Gasteiger partial charge < -0.3 is 10.1 Å². The van der Waals surface area contributed by atoms with E-state index in [9.17, 15) is 20.0 Å². The number of non-ortho nitro benzene ring substituents is 1. The van der Waals surface area contributed by atoms with Crippen LogP contribution in [0.15, 0.2) is 41.3 Å². The normalized spacial score (nSPS) is 10.8. The first-order valence-corrected chi connectivity index (χ1v) is 5.61. The number of aromatic hydroxyl groups is 1. The van der Waals surface area contributed by atoms with Crippen LogP contribution in [-0.4, -0.2) is 24.6 Å². The lowest BCUT2D eigenvalue weighted by atomic mass is 10.1. The molecule has 3 rings (SSSR count). The second kappa shape index (κ2) is 4.19. The predicted octanol–water partition coefficient (Wildman–Crippen LogP) is 1.30. The molecule has 1 aromatic carbocycles. The zero-order valence-electron chi connectivity index (χ0n) is 9.98. The molecule has 0 saturated heterocycles. The molecular formula is C12H8N4O4. The summed E-state index contributed by atoms with van der Waals surface area (Å²) in [5.41, 5.74) is 1.05. The van der Waals surface area contributed by atoms with E-state index >= 15 is 0 Å². The van der Waals surface area contributed by atoms with Crippen molar-refractivity contribution in [1.29, 1.82) is 0 Å². The van der Waals surface area contributed by atoms with E-state index in [4.69, 9.17) is 0 Å². The SMILES string of the molecule is O=c1cc(O)n2ncc(-c3ccc([N+](=O)[O-])cc3)c2[nH]1. The van der Waals surface area contributed by atoms with E-state index in [1.54, 1.807) is 12.1 Å². The third kappa shape index (κ3) is 1.79. The van der Waals surface area contributed by atoms with Crippen molar-refractivity contribution in [2.75, 3.05) is 0 Å². The van der Waals surface area contributed by atoms with Crippen molar-refractivity contribution in [1.82, 2.24) is 14.6 Å². The number of nitro groups is 1. The molecule has 0 aliphatic carbocycles. The van der Waals surface area contributed by atoms with Crippen molar-refractivity contribution in [2.45, 2.75) is 0 Å². The van der Waals surface area contributed by atoms with Gasteiger partial charge in [-0.1, -0.05) is 0 Å². The minimum absolute atomic E-state index is 0.0263. The third-order valence-electron chi connectivity index (χ3n) is 2.88. The number of benzene rings is 1. The Kier molecular flexibility index (Phi) is 2.50. The first-order valence-electron chi connectivity index (χ1n) is 5.61. The van der Waals surface area contributed by atoms with Crippen molar-refractivity contribution < 1.29 is 10.0 Å². The van der Waals surface area contributed by atoms with Crippen molar-refractivity contribution >= 4 is 11.3 Å². The third-order valence-corrected chi connectivity index (χ3v) is 2.88. The number of nitrogens with zero attached hydrogens (tertiary/aromatic N) is 3. The maximum absolute atomic E-state index is 11.4. The fourth-order valence-corrected chi connectivity index (χ4v) is 1.95. The second-order valence-corrected chi connectivity index (χ2v) is 4.11. The van der Waals surface area contributed by atoms with Crippen molar-refractivity contribution in [2.24, 2.45) is 0 Å². The Labute approximate surface area is 111 Å². The number of hydrogen-bond donors (Lipinski definition) is 2. The average molecular weight is 272 g/mol. The highest BCUT2D eigenvalue weighted by atomic mass is 16.6. The summed E-state index contributed by atoms with van der Waals surface area (Å²) in [6.07, 6.45) is 1.46. The van der Waals surface area contributed by atoms with Crippen LogP contribution < -0.4 is 5.56 Å². The summed E-state index contributed by atoms with van der Waals surface area (Å²) in [5, 5.41) is 24.2. The Morgan fingerprint density at radius 1 is 1.30 bits per heavy atom. The molecule has 0 fully saturated rings. The number of fused-ring (bicyclic) bond motifs is 1. The largest absolute Gasteiger partial charge is 0.493 e. The Morgan fingerprint density at radius 3 is 2.65 bits per heavy atom. The van der Waals surface area contributed by atoms with Crippen LogP contribution in [0, 0.1) is 10.1 Å². The number of H-pyrrole nitrogens is 1. The molecule has 0 amide bonds. The Balaban J connectivity index is 2.19. The molecule has 0 aliphatic heterocycles. The van der Waals surface area contributed by atoms with Gasteiger partial charge in [0.25, 0.3) is 11.2 Å². The van der Waals surface area contributed by atoms with Crippen LogP contribution in [0.3, 0.4) is 0 Å². The van der Waals surface area contributed by atoms with Crippen LogP contribution >= 0.6 is 0 Å². The molecule has 3 aromatic rings. The molecule has 0 saturated carbocycles. The number of nitro benzene ring substituents is 1. The molecule has 0 bridgehead atoms. The van der Waals surface area contributed by atoms with Gasteiger partial charge in [-0.15, -0.1) is 0 Å². The second-order valence-electron chi connectivity index (χ2n) is 4.11. The van der Waals surface area contributed by atoms with Gasteiger partial charge in [0.1, 0.15) is 5.65 Å². The van der Waals surface area contributed by atoms with E-state index in [-0.39, 0.29) is 11.6 Å². The number of rotatable bonds is 2. The van der Waals surface area contributed by atoms with Gasteiger partial charge in [-0.25, -0.2) is 0 Å². The van der Waals surface area contributed by atoms with Crippen LogP contribution in [0.25, 0.3) is 16.8 Å². The molecule has 8 heteroatoms. The van der Waals surface area contributed by atoms with E-state index in [2.05, 4.69) is 10.1 Å². The lowest BCUT2D eigenvalue weighted by Crippen LogP contribution is -2.07. The number of nitrogens with one attached hydrogen (secondary N) is 1. The summed E-state index contributed by atoms with van der Waals surface area (Å²) in [5.74, 6) is -0.281. The smallest absolute Gasteiger partial charge is 0.269 e. The molecule has 8 nitrogen and oxygen atoms in total. The van der Waals surface area contributed by atoms with Crippen molar-refractivity contribution in [3.63, 3.8) is 0 Å². The van der Waals surface area contributed by atoms with Crippen molar-refractivity contribution in [3.8, 4) is 17.0 Å². The molecule has 0 spiro atoms. The molecule has 2 aromatic heterocycles. The van der Waals surface area contributed by atoms with E-state index in [0.717, 1.165) is 6.07 Å². The summed E-state index contributed by atoms with van der Waals surface area (Å²) >= 11 is 0. The number of hydrogen-bond acceptors (Lipinski definition) is 5. The van der Waals surface area contributed by atoms with Gasteiger partial charge in [-0.05, 0) is 17.7 Å². The average Bonchev–Trinajstić information content (AvgIpc) is 2.82. The van der Waals surface area contributed by atoms with Gasteiger partial charge in [-0.3, -0.25) is 14.9 Å². The lowest BCUT2D eigenvalue weighted by molar-refractivity contribution is -0.384. The summed E-state index contributed by atoms with van der Waals surface area (Å²) in [6, 6.07) is 6.84. The van der Waals surface area contributed by atoms with E-state index in [0.29, 0.717) is 16.8 Å². The highest BCUT2D eigenvalue weighted by Crippen LogP contribution is 2.26. The number of aromatic nitrogens is 3. The minimum Gasteiger partial charge on any atom is -0.493 e. The quantitative estimate of drug-likeness (QED) is 0.539. The molecular weight excluding hydrogens is 264 g/mol. The van der Waals surface area contributed by atoms with Crippen LogP contribution in [-0.2, 0) is 0 Å². The molecule has 0 radical (unpaired) electrons. The first-order chi connectivity index (χ1) is 9.56. The van der Waals surface area contributed by atoms with Crippen molar-refractivity contribution in [3.05, 3.63) is 57.0 Å². The maximum Gasteiger partial charge on any atom is 0.269 e. The molecule has 0 aliphatic rings. The first kappa shape index (κ1) is 11.9. The standard InChI is InChI=1S/C12H8N4O4/c17-10-5-11(18)15-12(14-10)9(6-13-15)7-1-3-8(4-2-7)16(19)20/h1-6,18H,(H,14,17). The topological polar surface area (TPSA) is 114 Å². The fourth-order valence-electron chi connectivity index (χ4n) is 1.95. The molecule has 0 atom stereocenters. The molecule has 0 unspecified atom stereocenters. The van der Waals surface area contributed by atoms with Crippen LogP contribution in [0.1, 0.15) is 0 Å². The highest BCUT2D eigenvalue weighted by molar-refractivity contribution is 5.77. The van der Waals surface area contributed by atoms with E-state index in [1.807, 2.05) is 0 Å². The van der Waals surface area contributed by atoms with Gasteiger partial charge in [0, 0.05) is 17.7 Å². The molecule has 20 heavy (non-hydrogen) atoms. The Bertz CT molecular complexity index is 863. The summed E-state index contributed by atoms with van der Waals surface area (Å²) < 4.78 is 1.18. The van der Waals surface area contributed by atoms with E-state index < -0.39 is 10.5 Å². The van der Waals surface area contributed by atoms with Gasteiger partial charge >= 0.3 is 0 Å². The van der Waals surface area contributed by atoms with Crippen LogP contribution in [0.4, 0.5) is 5.69 Å². The van der Waals surface area contributed by atoms with Gasteiger partial charge in [0.05, 0.1) is 17.2 Å². The van der Waals surface area contributed by atoms with Gasteiger partial charge in [0.2, 0.25) is 5.88 Å². The zero-order chi connectivity index (χ0) is 14.3. The van der Waals surface area contributed by atoms with Gasteiger partial charge in [0.15, 0.2) is 0 Å². The van der Waals surface area contributed by atoms with Crippen LogP contribution in [0.2, 0.25) is 0 Å². The lowest BCUT2D eigenvalue weighted by Gasteiger charge is -2.00. The molecule has 2 heterocycles. The summed E-state index contributed by atoms with van der Waals surface area (Å²) in [6.45, 7) is 0. The minimum atomic E-state index is -0.492. The number of aromatic amines is 1. The fraction of sp³-hybridized carbons (Fsp3) is 0.